The summed E-state index contributed by atoms with van der Waals surface area (Å²) in [6, 6.07) is 0.129. The maximum absolute atomic E-state index is 12.9. The molecule has 3 heterocycles. The predicted octanol–water partition coefficient (Wildman–Crippen LogP) is 1.65. The molecular weight excluding hydrogens is 313 g/mol. The van der Waals surface area contributed by atoms with Crippen LogP contribution in [-0.2, 0) is 7.05 Å². The van der Waals surface area contributed by atoms with Crippen LogP contribution < -0.4 is 4.74 Å². The number of halogens is 1. The Morgan fingerprint density at radius 2 is 2.04 bits per heavy atom. The lowest BCUT2D eigenvalue weighted by molar-refractivity contribution is 0.0514. The number of nitrogens with zero attached hydrogens (tertiary/aromatic N) is 5. The van der Waals surface area contributed by atoms with Crippen molar-refractivity contribution in [3.63, 3.8) is 0 Å². The number of aryl methyl sites for hydroxylation is 2. The number of carbonyl (C=O) groups is 1. The number of amides is 1. The Hall–Kier alpha value is -2.51. The minimum absolute atomic E-state index is 0.0357. The van der Waals surface area contributed by atoms with E-state index >= 15 is 0 Å². The molecule has 0 radical (unpaired) electrons. The van der Waals surface area contributed by atoms with E-state index in [2.05, 4.69) is 15.1 Å². The summed E-state index contributed by atoms with van der Waals surface area (Å²) in [6.07, 6.45) is 3.56. The largest absolute Gasteiger partial charge is 0.458 e. The summed E-state index contributed by atoms with van der Waals surface area (Å²) < 4.78 is 20.3. The van der Waals surface area contributed by atoms with Crippen molar-refractivity contribution >= 4 is 5.91 Å². The van der Waals surface area contributed by atoms with Gasteiger partial charge in [0.15, 0.2) is 5.82 Å². The summed E-state index contributed by atoms with van der Waals surface area (Å²) in [7, 11) is 1.83. The van der Waals surface area contributed by atoms with Crippen molar-refractivity contribution < 1.29 is 13.9 Å². The highest BCUT2D eigenvalue weighted by Crippen LogP contribution is 2.20. The summed E-state index contributed by atoms with van der Waals surface area (Å²) in [4.78, 5) is 22.2. The summed E-state index contributed by atoms with van der Waals surface area (Å²) in [5, 5.41) is 4.30. The number of likely N-dealkylation sites (tertiary alicyclic amines) is 1. The number of hydrogen-bond donors (Lipinski definition) is 0. The van der Waals surface area contributed by atoms with Gasteiger partial charge < -0.3 is 9.64 Å². The van der Waals surface area contributed by atoms with Crippen molar-refractivity contribution in [3.05, 3.63) is 35.2 Å². The topological polar surface area (TPSA) is 73.1 Å². The number of rotatable bonds is 3. The number of piperidine rings is 1. The molecule has 0 N–H and O–H groups in total. The Balaban J connectivity index is 1.71. The Bertz CT molecular complexity index is 744. The highest BCUT2D eigenvalue weighted by Gasteiger charge is 2.29. The lowest BCUT2D eigenvalue weighted by Gasteiger charge is -2.32. The van der Waals surface area contributed by atoms with Gasteiger partial charge in [-0.15, -0.1) is 0 Å². The molecule has 1 fully saturated rings. The van der Waals surface area contributed by atoms with Crippen molar-refractivity contribution in [2.75, 3.05) is 13.1 Å². The lowest BCUT2D eigenvalue weighted by atomic mass is 10.1. The van der Waals surface area contributed by atoms with Gasteiger partial charge in [0.05, 0.1) is 30.2 Å². The SMILES string of the molecule is Cc1nn(C)c(C)c1C(=O)N1CCC[C@@H](Oc2ncc(F)cn2)C1. The first-order valence-corrected chi connectivity index (χ1v) is 7.89. The molecule has 0 saturated carbocycles. The quantitative estimate of drug-likeness (QED) is 0.854. The summed E-state index contributed by atoms with van der Waals surface area (Å²) >= 11 is 0. The molecule has 1 amide bonds. The molecular formula is C16H20FN5O2. The van der Waals surface area contributed by atoms with Crippen LogP contribution in [0.3, 0.4) is 0 Å². The van der Waals surface area contributed by atoms with E-state index in [0.29, 0.717) is 18.7 Å². The second kappa shape index (κ2) is 6.54. The second-order valence-corrected chi connectivity index (χ2v) is 5.99. The standard InChI is InChI=1S/C16H20FN5O2/c1-10-14(11(2)21(3)20-10)15(23)22-6-4-5-13(9-22)24-16-18-7-12(17)8-19-16/h7-8,13H,4-6,9H2,1-3H3/t13-/m1/s1. The van der Waals surface area contributed by atoms with Crippen LogP contribution in [0.15, 0.2) is 12.4 Å². The van der Waals surface area contributed by atoms with Crippen LogP contribution in [0.1, 0.15) is 34.6 Å². The maximum Gasteiger partial charge on any atom is 0.316 e. The zero-order valence-corrected chi connectivity index (χ0v) is 14.0. The second-order valence-electron chi connectivity index (χ2n) is 5.99. The van der Waals surface area contributed by atoms with E-state index in [4.69, 9.17) is 4.74 Å². The molecule has 2 aromatic heterocycles. The highest BCUT2D eigenvalue weighted by atomic mass is 19.1. The van der Waals surface area contributed by atoms with Crippen molar-refractivity contribution in [1.29, 1.82) is 0 Å². The van der Waals surface area contributed by atoms with Gasteiger partial charge in [0.1, 0.15) is 6.10 Å². The maximum atomic E-state index is 12.9. The Labute approximate surface area is 139 Å². The van der Waals surface area contributed by atoms with Gasteiger partial charge in [0.25, 0.3) is 5.91 Å². The summed E-state index contributed by atoms with van der Waals surface area (Å²) in [5.41, 5.74) is 2.23. The smallest absolute Gasteiger partial charge is 0.316 e. The van der Waals surface area contributed by atoms with Gasteiger partial charge in [-0.2, -0.15) is 5.10 Å². The fraction of sp³-hybridized carbons (Fsp3) is 0.500. The van der Waals surface area contributed by atoms with E-state index in [1.54, 1.807) is 9.58 Å². The Kier molecular flexibility index (Phi) is 4.46. The molecule has 1 saturated heterocycles. The first-order valence-electron chi connectivity index (χ1n) is 7.89. The van der Waals surface area contributed by atoms with Gasteiger partial charge in [-0.1, -0.05) is 0 Å². The van der Waals surface area contributed by atoms with Crippen molar-refractivity contribution in [2.24, 2.45) is 7.05 Å². The van der Waals surface area contributed by atoms with E-state index in [1.807, 2.05) is 20.9 Å². The van der Waals surface area contributed by atoms with Gasteiger partial charge in [0.2, 0.25) is 0 Å². The van der Waals surface area contributed by atoms with Crippen LogP contribution in [-0.4, -0.2) is 49.7 Å². The minimum atomic E-state index is -0.509. The molecule has 8 heteroatoms. The third-order valence-electron chi connectivity index (χ3n) is 4.26. The Morgan fingerprint density at radius 1 is 1.33 bits per heavy atom. The third-order valence-corrected chi connectivity index (χ3v) is 4.26. The average Bonchev–Trinajstić information content (AvgIpc) is 2.82. The molecule has 0 unspecified atom stereocenters. The zero-order valence-electron chi connectivity index (χ0n) is 14.0. The van der Waals surface area contributed by atoms with Crippen LogP contribution in [0.4, 0.5) is 4.39 Å². The number of carbonyl (C=O) groups excluding carboxylic acids is 1. The molecule has 0 spiro atoms. The monoisotopic (exact) mass is 333 g/mol. The third kappa shape index (κ3) is 3.22. The molecule has 3 rings (SSSR count). The van der Waals surface area contributed by atoms with E-state index in [9.17, 15) is 9.18 Å². The van der Waals surface area contributed by atoms with Crippen molar-refractivity contribution in [2.45, 2.75) is 32.8 Å². The molecule has 128 valence electrons. The Morgan fingerprint density at radius 3 is 2.67 bits per heavy atom. The van der Waals surface area contributed by atoms with Crippen LogP contribution >= 0.6 is 0 Å². The van der Waals surface area contributed by atoms with E-state index in [1.165, 1.54) is 0 Å². The van der Waals surface area contributed by atoms with Crippen LogP contribution in [0.5, 0.6) is 6.01 Å². The van der Waals surface area contributed by atoms with Gasteiger partial charge in [-0.05, 0) is 26.7 Å². The summed E-state index contributed by atoms with van der Waals surface area (Å²) in [5.74, 6) is -0.545. The molecule has 1 aliphatic rings. The molecule has 0 bridgehead atoms. The average molecular weight is 333 g/mol. The predicted molar refractivity (Wildman–Crippen MR) is 84.2 cm³/mol. The molecule has 0 aliphatic carbocycles. The van der Waals surface area contributed by atoms with Gasteiger partial charge >= 0.3 is 6.01 Å². The molecule has 2 aromatic rings. The lowest BCUT2D eigenvalue weighted by Crippen LogP contribution is -2.44. The van der Waals surface area contributed by atoms with Crippen LogP contribution in [0.2, 0.25) is 0 Å². The normalized spacial score (nSPS) is 17.8. The van der Waals surface area contributed by atoms with Gasteiger partial charge in [0, 0.05) is 19.3 Å². The van der Waals surface area contributed by atoms with Crippen LogP contribution in [0.25, 0.3) is 0 Å². The first kappa shape index (κ1) is 16.4. The van der Waals surface area contributed by atoms with E-state index in [0.717, 1.165) is 36.6 Å². The summed E-state index contributed by atoms with van der Waals surface area (Å²) in [6.45, 7) is 4.85. The van der Waals surface area contributed by atoms with E-state index < -0.39 is 5.82 Å². The van der Waals surface area contributed by atoms with Crippen molar-refractivity contribution in [1.82, 2.24) is 24.6 Å². The molecule has 0 aromatic carbocycles. The number of hydrogen-bond acceptors (Lipinski definition) is 5. The minimum Gasteiger partial charge on any atom is -0.458 e. The van der Waals surface area contributed by atoms with Gasteiger partial charge in [-0.3, -0.25) is 9.48 Å². The fourth-order valence-corrected chi connectivity index (χ4v) is 2.97. The fourth-order valence-electron chi connectivity index (χ4n) is 2.97. The molecule has 24 heavy (non-hydrogen) atoms. The van der Waals surface area contributed by atoms with E-state index in [-0.39, 0.29) is 18.0 Å². The molecule has 7 nitrogen and oxygen atoms in total. The van der Waals surface area contributed by atoms with Crippen LogP contribution in [0, 0.1) is 19.7 Å². The highest BCUT2D eigenvalue weighted by molar-refractivity contribution is 5.96. The number of ether oxygens (including phenoxy) is 1. The van der Waals surface area contributed by atoms with Gasteiger partial charge in [-0.25, -0.2) is 14.4 Å². The molecule has 1 atom stereocenters. The zero-order chi connectivity index (χ0) is 17.3. The van der Waals surface area contributed by atoms with Crippen molar-refractivity contribution in [3.8, 4) is 6.01 Å². The number of aromatic nitrogens is 4. The molecule has 1 aliphatic heterocycles. The first-order chi connectivity index (χ1) is 11.5.